The van der Waals surface area contributed by atoms with E-state index in [1.807, 2.05) is 6.92 Å². The molecule has 0 atom stereocenters. The number of hydrogen-bond acceptors (Lipinski definition) is 5. The second-order valence-electron chi connectivity index (χ2n) is 6.19. The molecule has 0 unspecified atom stereocenters. The molecule has 3 rings (SSSR count). The highest BCUT2D eigenvalue weighted by atomic mass is 35.5. The molecular weight excluding hydrogens is 373 g/mol. The van der Waals surface area contributed by atoms with Crippen molar-refractivity contribution in [2.24, 2.45) is 0 Å². The van der Waals surface area contributed by atoms with Gasteiger partial charge in [-0.2, -0.15) is 0 Å². The van der Waals surface area contributed by atoms with Crippen LogP contribution in [0.25, 0.3) is 0 Å². The van der Waals surface area contributed by atoms with Crippen LogP contribution in [0.15, 0.2) is 24.3 Å². The number of nitrogens with one attached hydrogen (secondary N) is 1. The van der Waals surface area contributed by atoms with Crippen LogP contribution in [0.3, 0.4) is 0 Å². The first-order chi connectivity index (χ1) is 12.5. The van der Waals surface area contributed by atoms with E-state index in [0.29, 0.717) is 27.4 Å². The molecule has 1 aromatic carbocycles. The van der Waals surface area contributed by atoms with Crippen LogP contribution in [0.4, 0.5) is 11.6 Å². The summed E-state index contributed by atoms with van der Waals surface area (Å²) < 4.78 is 0. The van der Waals surface area contributed by atoms with Gasteiger partial charge in [-0.05, 0) is 37.7 Å². The maximum atomic E-state index is 12.6. The number of carbonyl (C=O) groups excluding carboxylic acids is 1. The number of rotatable bonds is 4. The van der Waals surface area contributed by atoms with E-state index in [4.69, 9.17) is 23.2 Å². The number of likely N-dealkylation sites (N-methyl/N-ethyl adjacent to an activating group) is 1. The molecule has 26 heavy (non-hydrogen) atoms. The number of aryl methyl sites for hydroxylation is 1. The Bertz CT molecular complexity index is 806. The largest absolute Gasteiger partial charge is 0.338 e. The molecule has 1 amide bonds. The second kappa shape index (κ2) is 8.20. The molecule has 2 heterocycles. The fraction of sp³-hybridized carbons (Fsp3) is 0.389. The molecule has 1 aliphatic heterocycles. The molecule has 1 N–H and O–H groups in total. The van der Waals surface area contributed by atoms with Crippen LogP contribution in [0.1, 0.15) is 23.1 Å². The van der Waals surface area contributed by atoms with Crippen molar-refractivity contribution in [1.82, 2.24) is 14.9 Å². The standard InChI is InChI=1S/C18H21Cl2N5O/c1-3-24-6-8-25(9-7-24)18-21-12(2)10-16(23-18)17(26)22-15-11-13(19)4-5-14(15)20/h4-5,10-11H,3,6-9H2,1-2H3,(H,22,26). The Morgan fingerprint density at radius 3 is 2.58 bits per heavy atom. The molecule has 0 spiro atoms. The molecule has 0 radical (unpaired) electrons. The molecule has 0 aliphatic carbocycles. The third-order valence-electron chi connectivity index (χ3n) is 4.35. The van der Waals surface area contributed by atoms with Gasteiger partial charge in [-0.25, -0.2) is 9.97 Å². The molecule has 1 aliphatic rings. The monoisotopic (exact) mass is 393 g/mol. The summed E-state index contributed by atoms with van der Waals surface area (Å²) in [7, 11) is 0. The summed E-state index contributed by atoms with van der Waals surface area (Å²) >= 11 is 12.1. The van der Waals surface area contributed by atoms with Crippen molar-refractivity contribution in [3.05, 3.63) is 45.7 Å². The lowest BCUT2D eigenvalue weighted by Gasteiger charge is -2.34. The minimum atomic E-state index is -0.340. The number of anilines is 2. The maximum absolute atomic E-state index is 12.6. The van der Waals surface area contributed by atoms with E-state index in [2.05, 4.69) is 32.0 Å². The molecule has 0 bridgehead atoms. The first-order valence-electron chi connectivity index (χ1n) is 8.55. The minimum absolute atomic E-state index is 0.307. The van der Waals surface area contributed by atoms with Crippen molar-refractivity contribution >= 4 is 40.7 Å². The Balaban J connectivity index is 1.79. The van der Waals surface area contributed by atoms with Crippen molar-refractivity contribution in [2.45, 2.75) is 13.8 Å². The highest BCUT2D eigenvalue weighted by Crippen LogP contribution is 2.26. The summed E-state index contributed by atoms with van der Waals surface area (Å²) in [5.41, 5.74) is 1.51. The van der Waals surface area contributed by atoms with Crippen LogP contribution >= 0.6 is 23.2 Å². The van der Waals surface area contributed by atoms with Gasteiger partial charge in [0, 0.05) is 36.9 Å². The van der Waals surface area contributed by atoms with Gasteiger partial charge in [0.05, 0.1) is 10.7 Å². The predicted molar refractivity (Wildman–Crippen MR) is 106 cm³/mol. The molecule has 2 aromatic rings. The second-order valence-corrected chi connectivity index (χ2v) is 7.04. The predicted octanol–water partition coefficient (Wildman–Crippen LogP) is 3.49. The number of carbonyl (C=O) groups is 1. The van der Waals surface area contributed by atoms with Crippen LogP contribution in [0.5, 0.6) is 0 Å². The van der Waals surface area contributed by atoms with Crippen LogP contribution in [-0.2, 0) is 0 Å². The van der Waals surface area contributed by atoms with Crippen LogP contribution in [-0.4, -0.2) is 53.5 Å². The molecule has 1 aromatic heterocycles. The summed E-state index contributed by atoms with van der Waals surface area (Å²) in [4.78, 5) is 26.1. The van der Waals surface area contributed by atoms with Crippen molar-refractivity contribution in [3.8, 4) is 0 Å². The average Bonchev–Trinajstić information content (AvgIpc) is 2.64. The maximum Gasteiger partial charge on any atom is 0.274 e. The number of amides is 1. The number of hydrogen-bond donors (Lipinski definition) is 1. The average molecular weight is 394 g/mol. The third-order valence-corrected chi connectivity index (χ3v) is 4.92. The van der Waals surface area contributed by atoms with Gasteiger partial charge < -0.3 is 15.1 Å². The van der Waals surface area contributed by atoms with E-state index in [1.165, 1.54) is 0 Å². The first kappa shape index (κ1) is 18.9. The van der Waals surface area contributed by atoms with Crippen molar-refractivity contribution in [2.75, 3.05) is 42.9 Å². The van der Waals surface area contributed by atoms with E-state index in [0.717, 1.165) is 38.4 Å². The van der Waals surface area contributed by atoms with Gasteiger partial charge in [0.1, 0.15) is 5.69 Å². The zero-order chi connectivity index (χ0) is 18.7. The summed E-state index contributed by atoms with van der Waals surface area (Å²) in [5.74, 6) is 0.246. The number of nitrogens with zero attached hydrogens (tertiary/aromatic N) is 4. The van der Waals surface area contributed by atoms with Gasteiger partial charge in [-0.3, -0.25) is 4.79 Å². The molecule has 1 fully saturated rings. The Morgan fingerprint density at radius 2 is 1.88 bits per heavy atom. The Morgan fingerprint density at radius 1 is 1.15 bits per heavy atom. The zero-order valence-electron chi connectivity index (χ0n) is 14.8. The molecule has 0 saturated carbocycles. The van der Waals surface area contributed by atoms with Crippen molar-refractivity contribution < 1.29 is 4.79 Å². The fourth-order valence-electron chi connectivity index (χ4n) is 2.85. The van der Waals surface area contributed by atoms with Gasteiger partial charge >= 0.3 is 0 Å². The van der Waals surface area contributed by atoms with Gasteiger partial charge in [0.2, 0.25) is 5.95 Å². The van der Waals surface area contributed by atoms with Crippen molar-refractivity contribution in [1.29, 1.82) is 0 Å². The van der Waals surface area contributed by atoms with E-state index in [9.17, 15) is 4.79 Å². The smallest absolute Gasteiger partial charge is 0.274 e. The number of benzene rings is 1. The van der Waals surface area contributed by atoms with Crippen molar-refractivity contribution in [3.63, 3.8) is 0 Å². The van der Waals surface area contributed by atoms with Gasteiger partial charge in [-0.15, -0.1) is 0 Å². The Kier molecular flexibility index (Phi) is 5.96. The SMILES string of the molecule is CCN1CCN(c2nc(C)cc(C(=O)Nc3cc(Cl)ccc3Cl)n2)CC1. The normalized spacial score (nSPS) is 15.2. The van der Waals surface area contributed by atoms with Gasteiger partial charge in [-0.1, -0.05) is 30.1 Å². The Labute approximate surface area is 163 Å². The summed E-state index contributed by atoms with van der Waals surface area (Å²) in [6.45, 7) is 8.67. The van der Waals surface area contributed by atoms with Gasteiger partial charge in [0.25, 0.3) is 5.91 Å². The van der Waals surface area contributed by atoms with Crippen LogP contribution in [0, 0.1) is 6.92 Å². The van der Waals surface area contributed by atoms with Gasteiger partial charge in [0.15, 0.2) is 0 Å². The van der Waals surface area contributed by atoms with E-state index >= 15 is 0 Å². The third kappa shape index (κ3) is 4.44. The fourth-order valence-corrected chi connectivity index (χ4v) is 3.19. The molecule has 138 valence electrons. The minimum Gasteiger partial charge on any atom is -0.338 e. The number of aromatic nitrogens is 2. The molecule has 6 nitrogen and oxygen atoms in total. The lowest BCUT2D eigenvalue weighted by Crippen LogP contribution is -2.47. The highest BCUT2D eigenvalue weighted by molar-refractivity contribution is 6.35. The number of piperazine rings is 1. The molecule has 8 heteroatoms. The van der Waals surface area contributed by atoms with Crippen LogP contribution in [0.2, 0.25) is 10.0 Å². The quantitative estimate of drug-likeness (QED) is 0.861. The molecule has 1 saturated heterocycles. The van der Waals surface area contributed by atoms with E-state index < -0.39 is 0 Å². The highest BCUT2D eigenvalue weighted by Gasteiger charge is 2.20. The zero-order valence-corrected chi connectivity index (χ0v) is 16.3. The summed E-state index contributed by atoms with van der Waals surface area (Å²) in [5, 5.41) is 3.69. The first-order valence-corrected chi connectivity index (χ1v) is 9.31. The van der Waals surface area contributed by atoms with E-state index in [1.54, 1.807) is 24.3 Å². The lowest BCUT2D eigenvalue weighted by molar-refractivity contribution is 0.102. The Hall–Kier alpha value is -1.89. The van der Waals surface area contributed by atoms with Crippen LogP contribution < -0.4 is 10.2 Å². The lowest BCUT2D eigenvalue weighted by atomic mass is 10.2. The topological polar surface area (TPSA) is 61.4 Å². The summed E-state index contributed by atoms with van der Waals surface area (Å²) in [6, 6.07) is 6.59. The number of halogens is 2. The molecular formula is C18H21Cl2N5O. The van der Waals surface area contributed by atoms with E-state index in [-0.39, 0.29) is 5.91 Å². The summed E-state index contributed by atoms with van der Waals surface area (Å²) in [6.07, 6.45) is 0.